The standard InChI is InChI=1S/C14H17ClN2/c1-3-17(4-2)10-11-9-14(15)16-13-8-6-5-7-12(11)13/h5-9H,3-4,10H2,1-2H3. The average molecular weight is 249 g/mol. The Morgan fingerprint density at radius 3 is 2.59 bits per heavy atom. The maximum absolute atomic E-state index is 6.06. The highest BCUT2D eigenvalue weighted by Crippen LogP contribution is 2.21. The molecule has 90 valence electrons. The van der Waals surface area contributed by atoms with E-state index in [1.54, 1.807) is 0 Å². The van der Waals surface area contributed by atoms with Crippen LogP contribution in [0.25, 0.3) is 10.9 Å². The van der Waals surface area contributed by atoms with Crippen LogP contribution in [0.3, 0.4) is 0 Å². The molecule has 0 saturated heterocycles. The lowest BCUT2D eigenvalue weighted by Crippen LogP contribution is -2.22. The summed E-state index contributed by atoms with van der Waals surface area (Å²) in [5.74, 6) is 0. The smallest absolute Gasteiger partial charge is 0.130 e. The number of halogens is 1. The zero-order valence-corrected chi connectivity index (χ0v) is 11.0. The van der Waals surface area contributed by atoms with Gasteiger partial charge in [-0.25, -0.2) is 4.98 Å². The van der Waals surface area contributed by atoms with Gasteiger partial charge in [-0.2, -0.15) is 0 Å². The molecule has 0 amide bonds. The van der Waals surface area contributed by atoms with Crippen LogP contribution in [-0.2, 0) is 6.54 Å². The van der Waals surface area contributed by atoms with Gasteiger partial charge in [-0.05, 0) is 30.8 Å². The first-order valence-electron chi connectivity index (χ1n) is 6.01. The van der Waals surface area contributed by atoms with Crippen LogP contribution >= 0.6 is 11.6 Å². The Kier molecular flexibility index (Phi) is 3.97. The van der Waals surface area contributed by atoms with Gasteiger partial charge in [-0.3, -0.25) is 4.90 Å². The quantitative estimate of drug-likeness (QED) is 0.767. The molecular formula is C14H17ClN2. The van der Waals surface area contributed by atoms with Crippen molar-refractivity contribution >= 4 is 22.5 Å². The van der Waals surface area contributed by atoms with Crippen LogP contribution in [0.1, 0.15) is 19.4 Å². The first-order chi connectivity index (χ1) is 8.24. The molecular weight excluding hydrogens is 232 g/mol. The lowest BCUT2D eigenvalue weighted by Gasteiger charge is -2.19. The molecule has 2 aromatic rings. The highest BCUT2D eigenvalue weighted by atomic mass is 35.5. The van der Waals surface area contributed by atoms with Crippen molar-refractivity contribution in [2.24, 2.45) is 0 Å². The van der Waals surface area contributed by atoms with Crippen molar-refractivity contribution < 1.29 is 0 Å². The first-order valence-corrected chi connectivity index (χ1v) is 6.39. The highest BCUT2D eigenvalue weighted by Gasteiger charge is 2.07. The Hall–Kier alpha value is -1.12. The number of hydrogen-bond donors (Lipinski definition) is 0. The van der Waals surface area contributed by atoms with Crippen molar-refractivity contribution in [3.8, 4) is 0 Å². The molecule has 0 atom stereocenters. The maximum atomic E-state index is 6.06. The molecule has 1 aromatic heterocycles. The molecule has 0 aliphatic carbocycles. The third kappa shape index (κ3) is 2.76. The summed E-state index contributed by atoms with van der Waals surface area (Å²) in [7, 11) is 0. The minimum atomic E-state index is 0.575. The van der Waals surface area contributed by atoms with E-state index in [4.69, 9.17) is 11.6 Å². The van der Waals surface area contributed by atoms with E-state index in [0.29, 0.717) is 5.15 Å². The molecule has 0 fully saturated rings. The summed E-state index contributed by atoms with van der Waals surface area (Å²) in [6.07, 6.45) is 0. The van der Waals surface area contributed by atoms with Crippen molar-refractivity contribution in [1.82, 2.24) is 9.88 Å². The first kappa shape index (κ1) is 12.3. The van der Waals surface area contributed by atoms with Crippen molar-refractivity contribution in [3.05, 3.63) is 41.0 Å². The van der Waals surface area contributed by atoms with E-state index in [0.717, 1.165) is 25.2 Å². The molecule has 0 radical (unpaired) electrons. The second-order valence-electron chi connectivity index (χ2n) is 4.08. The summed E-state index contributed by atoms with van der Waals surface area (Å²) in [4.78, 5) is 6.72. The van der Waals surface area contributed by atoms with Gasteiger partial charge in [0.2, 0.25) is 0 Å². The third-order valence-corrected chi connectivity index (χ3v) is 3.25. The highest BCUT2D eigenvalue weighted by molar-refractivity contribution is 6.29. The fourth-order valence-corrected chi connectivity index (χ4v) is 2.25. The topological polar surface area (TPSA) is 16.1 Å². The largest absolute Gasteiger partial charge is 0.300 e. The Morgan fingerprint density at radius 2 is 1.88 bits per heavy atom. The third-order valence-electron chi connectivity index (χ3n) is 3.06. The number of hydrogen-bond acceptors (Lipinski definition) is 2. The van der Waals surface area contributed by atoms with Gasteiger partial charge in [0.05, 0.1) is 5.52 Å². The Labute approximate surface area is 107 Å². The fraction of sp³-hybridized carbons (Fsp3) is 0.357. The van der Waals surface area contributed by atoms with Crippen molar-refractivity contribution in [2.45, 2.75) is 20.4 Å². The summed E-state index contributed by atoms with van der Waals surface area (Å²) in [6.45, 7) is 7.37. The van der Waals surface area contributed by atoms with Crippen molar-refractivity contribution in [3.63, 3.8) is 0 Å². The van der Waals surface area contributed by atoms with Gasteiger partial charge >= 0.3 is 0 Å². The number of nitrogens with zero attached hydrogens (tertiary/aromatic N) is 2. The van der Waals surface area contributed by atoms with E-state index < -0.39 is 0 Å². The number of para-hydroxylation sites is 1. The maximum Gasteiger partial charge on any atom is 0.130 e. The van der Waals surface area contributed by atoms with E-state index in [9.17, 15) is 0 Å². The summed E-state index contributed by atoms with van der Waals surface area (Å²) in [6, 6.07) is 10.1. The molecule has 0 N–H and O–H groups in total. The number of aromatic nitrogens is 1. The fourth-order valence-electron chi connectivity index (χ4n) is 2.03. The van der Waals surface area contributed by atoms with Crippen LogP contribution in [0.15, 0.2) is 30.3 Å². The van der Waals surface area contributed by atoms with E-state index >= 15 is 0 Å². The summed E-state index contributed by atoms with van der Waals surface area (Å²) >= 11 is 6.06. The normalized spacial score (nSPS) is 11.3. The Morgan fingerprint density at radius 1 is 1.18 bits per heavy atom. The molecule has 2 rings (SSSR count). The number of pyridine rings is 1. The molecule has 17 heavy (non-hydrogen) atoms. The Balaban J connectivity index is 2.44. The average Bonchev–Trinajstić information content (AvgIpc) is 2.35. The van der Waals surface area contributed by atoms with Gasteiger partial charge in [-0.1, -0.05) is 43.6 Å². The molecule has 0 saturated carbocycles. The number of rotatable bonds is 4. The zero-order valence-electron chi connectivity index (χ0n) is 10.3. The summed E-state index contributed by atoms with van der Waals surface area (Å²) in [5.41, 5.74) is 2.23. The van der Waals surface area contributed by atoms with Gasteiger partial charge in [0.1, 0.15) is 5.15 Å². The summed E-state index contributed by atoms with van der Waals surface area (Å²) < 4.78 is 0. The number of fused-ring (bicyclic) bond motifs is 1. The van der Waals surface area contributed by atoms with Crippen molar-refractivity contribution in [1.29, 1.82) is 0 Å². The minimum absolute atomic E-state index is 0.575. The molecule has 0 unspecified atom stereocenters. The van der Waals surface area contributed by atoms with E-state index in [-0.39, 0.29) is 0 Å². The van der Waals surface area contributed by atoms with Gasteiger partial charge in [-0.15, -0.1) is 0 Å². The van der Waals surface area contributed by atoms with Crippen LogP contribution < -0.4 is 0 Å². The van der Waals surface area contributed by atoms with Crippen LogP contribution in [0, 0.1) is 0 Å². The van der Waals surface area contributed by atoms with E-state index in [1.165, 1.54) is 10.9 Å². The summed E-state index contributed by atoms with van der Waals surface area (Å²) in [5, 5.41) is 1.77. The number of benzene rings is 1. The van der Waals surface area contributed by atoms with Gasteiger partial charge in [0.15, 0.2) is 0 Å². The second-order valence-corrected chi connectivity index (χ2v) is 4.47. The van der Waals surface area contributed by atoms with Crippen LogP contribution in [0.5, 0.6) is 0 Å². The Bertz CT molecular complexity index is 507. The lowest BCUT2D eigenvalue weighted by atomic mass is 10.1. The predicted octanol–water partition coefficient (Wildman–Crippen LogP) is 3.73. The van der Waals surface area contributed by atoms with E-state index in [2.05, 4.69) is 29.8 Å². The van der Waals surface area contributed by atoms with Crippen LogP contribution in [-0.4, -0.2) is 23.0 Å². The molecule has 1 aromatic carbocycles. The van der Waals surface area contributed by atoms with Gasteiger partial charge < -0.3 is 0 Å². The molecule has 1 heterocycles. The monoisotopic (exact) mass is 248 g/mol. The molecule has 0 aliphatic heterocycles. The molecule has 3 heteroatoms. The van der Waals surface area contributed by atoms with Crippen molar-refractivity contribution in [2.75, 3.05) is 13.1 Å². The minimum Gasteiger partial charge on any atom is -0.300 e. The van der Waals surface area contributed by atoms with Gasteiger partial charge in [0, 0.05) is 11.9 Å². The van der Waals surface area contributed by atoms with Crippen LogP contribution in [0.4, 0.5) is 0 Å². The SMILES string of the molecule is CCN(CC)Cc1cc(Cl)nc2ccccc12. The van der Waals surface area contributed by atoms with E-state index in [1.807, 2.05) is 24.3 Å². The lowest BCUT2D eigenvalue weighted by molar-refractivity contribution is 0.297. The molecule has 0 spiro atoms. The molecule has 0 aliphatic rings. The van der Waals surface area contributed by atoms with Gasteiger partial charge in [0.25, 0.3) is 0 Å². The predicted molar refractivity (Wildman–Crippen MR) is 73.4 cm³/mol. The zero-order chi connectivity index (χ0) is 12.3. The second kappa shape index (κ2) is 5.48. The van der Waals surface area contributed by atoms with Crippen LogP contribution in [0.2, 0.25) is 5.15 Å². The molecule has 0 bridgehead atoms. The molecule has 2 nitrogen and oxygen atoms in total.